The van der Waals surface area contributed by atoms with Crippen LogP contribution in [-0.4, -0.2) is 35.2 Å². The van der Waals surface area contributed by atoms with Gasteiger partial charge in [-0.3, -0.25) is 0 Å². The van der Waals surface area contributed by atoms with Crippen molar-refractivity contribution >= 4 is 22.7 Å². The molecule has 0 radical (unpaired) electrons. The molecule has 166 valence electrons. The third kappa shape index (κ3) is 10.4. The van der Waals surface area contributed by atoms with E-state index in [1.54, 1.807) is 12.1 Å². The second-order valence-electron chi connectivity index (χ2n) is 7.50. The largest absolute Gasteiger partial charge is 0.478 e. The van der Waals surface area contributed by atoms with Crippen molar-refractivity contribution < 1.29 is 19.8 Å². The summed E-state index contributed by atoms with van der Waals surface area (Å²) < 4.78 is 0. The van der Waals surface area contributed by atoms with Gasteiger partial charge in [0.2, 0.25) is 0 Å². The third-order valence-corrected chi connectivity index (χ3v) is 4.99. The predicted molar refractivity (Wildman–Crippen MR) is 122 cm³/mol. The Morgan fingerprint density at radius 3 is 1.13 bits per heavy atom. The molecule has 2 aromatic rings. The van der Waals surface area contributed by atoms with Crippen molar-refractivity contribution in [3.8, 4) is 0 Å². The molecule has 0 saturated heterocycles. The maximum atomic E-state index is 10.7. The van der Waals surface area contributed by atoms with E-state index in [4.69, 9.17) is 21.7 Å². The first-order valence-electron chi connectivity index (χ1n) is 10.9. The summed E-state index contributed by atoms with van der Waals surface area (Å²) >= 11 is 0. The van der Waals surface area contributed by atoms with Crippen LogP contribution >= 0.6 is 0 Å². The van der Waals surface area contributed by atoms with Gasteiger partial charge >= 0.3 is 11.9 Å². The number of unbranched alkanes of at least 4 members (excludes halogenated alkanes) is 9. The summed E-state index contributed by atoms with van der Waals surface area (Å²) in [6, 6.07) is 9.15. The van der Waals surface area contributed by atoms with Crippen LogP contribution in [0, 0.1) is 0 Å². The number of aromatic carboxylic acids is 2. The van der Waals surface area contributed by atoms with Crippen LogP contribution in [0.3, 0.4) is 0 Å². The topological polar surface area (TPSA) is 127 Å². The lowest BCUT2D eigenvalue weighted by Gasteiger charge is -2.01. The van der Waals surface area contributed by atoms with Crippen molar-refractivity contribution in [1.82, 2.24) is 0 Å². The summed E-state index contributed by atoms with van der Waals surface area (Å²) in [6.45, 7) is 1.72. The van der Waals surface area contributed by atoms with Gasteiger partial charge in [0.15, 0.2) is 0 Å². The molecule has 0 spiro atoms. The molecule has 6 heteroatoms. The van der Waals surface area contributed by atoms with Crippen molar-refractivity contribution in [3.63, 3.8) is 0 Å². The van der Waals surface area contributed by atoms with Crippen molar-refractivity contribution in [2.75, 3.05) is 13.1 Å². The number of hydrogen-bond acceptors (Lipinski definition) is 4. The molecule has 30 heavy (non-hydrogen) atoms. The zero-order valence-electron chi connectivity index (χ0n) is 17.8. The number of carboxylic acid groups (broad SMARTS) is 2. The fraction of sp³-hybridized carbons (Fsp3) is 0.500. The summed E-state index contributed by atoms with van der Waals surface area (Å²) in [4.78, 5) is 21.5. The molecule has 0 amide bonds. The van der Waals surface area contributed by atoms with Crippen LogP contribution in [0.4, 0.5) is 0 Å². The number of carbonyl (C=O) groups is 2. The highest BCUT2D eigenvalue weighted by Crippen LogP contribution is 2.18. The first-order valence-corrected chi connectivity index (χ1v) is 10.9. The van der Waals surface area contributed by atoms with Crippen LogP contribution < -0.4 is 11.5 Å². The van der Waals surface area contributed by atoms with Gasteiger partial charge < -0.3 is 21.7 Å². The van der Waals surface area contributed by atoms with E-state index < -0.39 is 11.9 Å². The van der Waals surface area contributed by atoms with Gasteiger partial charge in [-0.2, -0.15) is 0 Å². The van der Waals surface area contributed by atoms with Crippen LogP contribution in [-0.2, 0) is 0 Å². The zero-order chi connectivity index (χ0) is 22.2. The van der Waals surface area contributed by atoms with Crippen LogP contribution in [0.1, 0.15) is 84.9 Å². The molecule has 6 nitrogen and oxygen atoms in total. The molecule has 0 aliphatic rings. The van der Waals surface area contributed by atoms with E-state index in [0.717, 1.165) is 13.1 Å². The van der Waals surface area contributed by atoms with Crippen LogP contribution in [0.2, 0.25) is 0 Å². The van der Waals surface area contributed by atoms with Gasteiger partial charge in [0, 0.05) is 0 Å². The molecule has 0 atom stereocenters. The summed E-state index contributed by atoms with van der Waals surface area (Å²) in [6.07, 6.45) is 13.4. The normalized spacial score (nSPS) is 10.5. The lowest BCUT2D eigenvalue weighted by Crippen LogP contribution is -1.97. The van der Waals surface area contributed by atoms with E-state index in [1.807, 2.05) is 0 Å². The first-order chi connectivity index (χ1) is 14.5. The summed E-state index contributed by atoms with van der Waals surface area (Å²) in [5.74, 6) is -1.99. The van der Waals surface area contributed by atoms with Crippen molar-refractivity contribution in [3.05, 3.63) is 47.5 Å². The molecule has 6 N–H and O–H groups in total. The second-order valence-corrected chi connectivity index (χ2v) is 7.50. The average Bonchev–Trinajstić information content (AvgIpc) is 2.74. The fourth-order valence-corrected chi connectivity index (χ4v) is 3.21. The van der Waals surface area contributed by atoms with Gasteiger partial charge in [-0.05, 0) is 61.0 Å². The van der Waals surface area contributed by atoms with Gasteiger partial charge in [-0.25, -0.2) is 9.59 Å². The summed E-state index contributed by atoms with van der Waals surface area (Å²) in [5, 5.41) is 19.0. The number of fused-ring (bicyclic) bond motifs is 1. The van der Waals surface area contributed by atoms with Gasteiger partial charge in [-0.1, -0.05) is 63.5 Å². The molecule has 0 heterocycles. The Bertz CT molecular complexity index is 712. The minimum atomic E-state index is -0.996. The Morgan fingerprint density at radius 1 is 0.567 bits per heavy atom. The zero-order valence-corrected chi connectivity index (χ0v) is 17.8. The quantitative estimate of drug-likeness (QED) is 0.339. The third-order valence-electron chi connectivity index (χ3n) is 4.99. The second kappa shape index (κ2) is 15.4. The Kier molecular flexibility index (Phi) is 13.1. The Hall–Kier alpha value is -2.44. The lowest BCUT2D eigenvalue weighted by atomic mass is 10.0. The molecule has 0 aliphatic heterocycles. The van der Waals surface area contributed by atoms with Gasteiger partial charge in [0.1, 0.15) is 0 Å². The number of rotatable bonds is 13. The summed E-state index contributed by atoms with van der Waals surface area (Å²) in [7, 11) is 0. The molecule has 0 unspecified atom stereocenters. The first kappa shape index (κ1) is 25.6. The number of nitrogens with two attached hydrogens (primary N) is 2. The molecule has 0 aliphatic carbocycles. The van der Waals surface area contributed by atoms with Crippen LogP contribution in [0.25, 0.3) is 10.8 Å². The molecule has 0 fully saturated rings. The fourth-order valence-electron chi connectivity index (χ4n) is 3.21. The Labute approximate surface area is 179 Å². The SMILES string of the molecule is NCCCCCCCCCCCCN.O=C(O)c1ccc2cc(C(=O)O)ccc2c1. The predicted octanol–water partition coefficient (Wildman–Crippen LogP) is 5.04. The average molecular weight is 417 g/mol. The minimum Gasteiger partial charge on any atom is -0.478 e. The van der Waals surface area contributed by atoms with E-state index in [9.17, 15) is 9.59 Å². The van der Waals surface area contributed by atoms with Gasteiger partial charge in [-0.15, -0.1) is 0 Å². The van der Waals surface area contributed by atoms with Crippen molar-refractivity contribution in [2.45, 2.75) is 64.2 Å². The molecular weight excluding hydrogens is 380 g/mol. The van der Waals surface area contributed by atoms with E-state index in [2.05, 4.69) is 0 Å². The standard InChI is InChI=1S/C12H28N2.C12H8O4/c13-11-9-7-5-3-1-2-4-6-8-10-12-14;13-11(14)9-3-1-7-5-10(12(15)16)4-2-8(7)6-9/h1-14H2;1-6H,(H,13,14)(H,15,16). The summed E-state index contributed by atoms with van der Waals surface area (Å²) in [5.41, 5.74) is 11.2. The molecule has 0 bridgehead atoms. The molecule has 2 aromatic carbocycles. The van der Waals surface area contributed by atoms with Crippen LogP contribution in [0.15, 0.2) is 36.4 Å². The molecule has 2 rings (SSSR count). The number of carboxylic acids is 2. The number of hydrogen-bond donors (Lipinski definition) is 4. The Morgan fingerprint density at radius 2 is 0.867 bits per heavy atom. The minimum absolute atomic E-state index is 0.190. The Balaban J connectivity index is 0.000000304. The highest BCUT2D eigenvalue weighted by atomic mass is 16.4. The van der Waals surface area contributed by atoms with E-state index in [1.165, 1.54) is 88.5 Å². The molecular formula is C24H36N2O4. The highest BCUT2D eigenvalue weighted by molar-refractivity contribution is 5.97. The van der Waals surface area contributed by atoms with E-state index in [-0.39, 0.29) is 11.1 Å². The van der Waals surface area contributed by atoms with Crippen LogP contribution in [0.5, 0.6) is 0 Å². The van der Waals surface area contributed by atoms with E-state index in [0.29, 0.717) is 10.8 Å². The van der Waals surface area contributed by atoms with Gasteiger partial charge in [0.05, 0.1) is 11.1 Å². The lowest BCUT2D eigenvalue weighted by molar-refractivity contribution is 0.0686. The smallest absolute Gasteiger partial charge is 0.335 e. The van der Waals surface area contributed by atoms with Gasteiger partial charge in [0.25, 0.3) is 0 Å². The maximum absolute atomic E-state index is 10.7. The van der Waals surface area contributed by atoms with E-state index >= 15 is 0 Å². The molecule has 0 aromatic heterocycles. The van der Waals surface area contributed by atoms with Crippen molar-refractivity contribution in [2.24, 2.45) is 11.5 Å². The monoisotopic (exact) mass is 416 g/mol. The highest BCUT2D eigenvalue weighted by Gasteiger charge is 2.06. The molecule has 0 saturated carbocycles. The number of benzene rings is 2. The van der Waals surface area contributed by atoms with Crippen molar-refractivity contribution in [1.29, 1.82) is 0 Å². The maximum Gasteiger partial charge on any atom is 0.335 e.